The zero-order chi connectivity index (χ0) is 13.1. The normalized spacial score (nSPS) is 13.1. The fourth-order valence-corrected chi connectivity index (χ4v) is 2.85. The molecule has 2 rings (SSSR count). The molecule has 0 saturated carbocycles. The van der Waals surface area contributed by atoms with Gasteiger partial charge in [0.2, 0.25) is 0 Å². The number of methoxy groups -OCH3 is 1. The molecule has 5 heteroatoms. The topological polar surface area (TPSA) is 27.1 Å². The summed E-state index contributed by atoms with van der Waals surface area (Å²) in [6.07, 6.45) is 0.995. The van der Waals surface area contributed by atoms with Crippen molar-refractivity contribution in [3.8, 4) is 0 Å². The Morgan fingerprint density at radius 2 is 2.28 bits per heavy atom. The van der Waals surface area contributed by atoms with Gasteiger partial charge in [-0.2, -0.15) is 0 Å². The summed E-state index contributed by atoms with van der Waals surface area (Å²) in [5.41, 5.74) is 2.14. The van der Waals surface area contributed by atoms with Gasteiger partial charge >= 0.3 is 0 Å². The molecule has 0 amide bonds. The lowest BCUT2D eigenvalue weighted by Crippen LogP contribution is -2.16. The van der Waals surface area contributed by atoms with Crippen LogP contribution >= 0.6 is 34.2 Å². The van der Waals surface area contributed by atoms with E-state index in [0.29, 0.717) is 12.5 Å². The molecular weight excluding hydrogens is 363 g/mol. The summed E-state index contributed by atoms with van der Waals surface area (Å²) in [5, 5.41) is 0. The highest BCUT2D eigenvalue weighted by Gasteiger charge is 2.17. The number of ether oxygens (including phenoxy) is 1. The molecule has 0 aliphatic heterocycles. The second-order valence-corrected chi connectivity index (χ2v) is 5.70. The van der Waals surface area contributed by atoms with Crippen molar-refractivity contribution < 1.29 is 4.74 Å². The van der Waals surface area contributed by atoms with E-state index in [-0.39, 0.29) is 6.04 Å². The van der Waals surface area contributed by atoms with Crippen molar-refractivity contribution in [1.82, 2.24) is 9.55 Å². The highest BCUT2D eigenvalue weighted by molar-refractivity contribution is 14.1. The van der Waals surface area contributed by atoms with Crippen LogP contribution in [0.15, 0.2) is 18.2 Å². The van der Waals surface area contributed by atoms with Crippen molar-refractivity contribution >= 4 is 45.2 Å². The number of nitrogens with zero attached hydrogens (tertiary/aromatic N) is 2. The van der Waals surface area contributed by atoms with Gasteiger partial charge in [-0.15, -0.1) is 11.6 Å². The van der Waals surface area contributed by atoms with Gasteiger partial charge in [-0.1, -0.05) is 6.92 Å². The van der Waals surface area contributed by atoms with Crippen molar-refractivity contribution in [2.24, 2.45) is 0 Å². The number of alkyl halides is 1. The Bertz CT molecular complexity index is 541. The first-order valence-electron chi connectivity index (χ1n) is 5.92. The van der Waals surface area contributed by atoms with Crippen LogP contribution in [0.1, 0.15) is 25.2 Å². The van der Waals surface area contributed by atoms with Crippen LogP contribution in [0.4, 0.5) is 0 Å². The van der Waals surface area contributed by atoms with Crippen LogP contribution < -0.4 is 0 Å². The highest BCUT2D eigenvalue weighted by Crippen LogP contribution is 2.25. The summed E-state index contributed by atoms with van der Waals surface area (Å²) in [4.78, 5) is 4.61. The molecule has 0 bridgehead atoms. The summed E-state index contributed by atoms with van der Waals surface area (Å²) in [6, 6.07) is 6.58. The van der Waals surface area contributed by atoms with E-state index in [1.54, 1.807) is 7.11 Å². The van der Waals surface area contributed by atoms with Crippen LogP contribution in [-0.4, -0.2) is 23.3 Å². The third-order valence-electron chi connectivity index (χ3n) is 3.04. The largest absolute Gasteiger partial charge is 0.383 e. The van der Waals surface area contributed by atoms with E-state index in [4.69, 9.17) is 16.3 Å². The van der Waals surface area contributed by atoms with Gasteiger partial charge in [0.25, 0.3) is 0 Å². The number of fused-ring (bicyclic) bond motifs is 1. The van der Waals surface area contributed by atoms with Gasteiger partial charge in [-0.3, -0.25) is 0 Å². The fraction of sp³-hybridized carbons (Fsp3) is 0.462. The van der Waals surface area contributed by atoms with E-state index >= 15 is 0 Å². The third-order valence-corrected chi connectivity index (χ3v) is 3.95. The van der Waals surface area contributed by atoms with Crippen molar-refractivity contribution in [3.05, 3.63) is 27.6 Å². The number of hydrogen-bond donors (Lipinski definition) is 0. The molecule has 0 aliphatic rings. The predicted octanol–water partition coefficient (Wildman–Crippen LogP) is 3.98. The molecule has 0 fully saturated rings. The molecule has 1 heterocycles. The maximum absolute atomic E-state index is 6.02. The monoisotopic (exact) mass is 378 g/mol. The van der Waals surface area contributed by atoms with Crippen LogP contribution in [-0.2, 0) is 10.6 Å². The highest BCUT2D eigenvalue weighted by atomic mass is 127. The Kier molecular flexibility index (Phi) is 4.86. The maximum atomic E-state index is 6.02. The molecule has 0 radical (unpaired) electrons. The molecule has 0 saturated heterocycles. The van der Waals surface area contributed by atoms with Gasteiger partial charge in [-0.05, 0) is 47.2 Å². The van der Waals surface area contributed by atoms with Crippen LogP contribution in [0, 0.1) is 3.57 Å². The molecule has 98 valence electrons. The molecule has 2 aromatic rings. The van der Waals surface area contributed by atoms with Gasteiger partial charge in [0.05, 0.1) is 29.6 Å². The average molecular weight is 379 g/mol. The molecule has 3 nitrogen and oxygen atoms in total. The first kappa shape index (κ1) is 14.1. The van der Waals surface area contributed by atoms with Crippen LogP contribution in [0.5, 0.6) is 0 Å². The van der Waals surface area contributed by atoms with E-state index in [1.807, 2.05) is 0 Å². The van der Waals surface area contributed by atoms with Crippen molar-refractivity contribution in [2.75, 3.05) is 13.7 Å². The summed E-state index contributed by atoms with van der Waals surface area (Å²) >= 11 is 8.32. The molecule has 18 heavy (non-hydrogen) atoms. The lowest BCUT2D eigenvalue weighted by molar-refractivity contribution is 0.154. The van der Waals surface area contributed by atoms with E-state index in [0.717, 1.165) is 23.3 Å². The van der Waals surface area contributed by atoms with Gasteiger partial charge in [0.15, 0.2) is 0 Å². The SMILES string of the molecule is CCC(COC)n1c(CCl)nc2cc(I)ccc21. The number of rotatable bonds is 5. The number of hydrogen-bond acceptors (Lipinski definition) is 2. The smallest absolute Gasteiger partial charge is 0.125 e. The molecule has 0 spiro atoms. The summed E-state index contributed by atoms with van der Waals surface area (Å²) in [5.74, 6) is 1.34. The number of imidazole rings is 1. The van der Waals surface area contributed by atoms with Crippen molar-refractivity contribution in [2.45, 2.75) is 25.3 Å². The zero-order valence-corrected chi connectivity index (χ0v) is 13.4. The second-order valence-electron chi connectivity index (χ2n) is 4.18. The Hall–Kier alpha value is -0.330. The van der Waals surface area contributed by atoms with Crippen molar-refractivity contribution in [1.29, 1.82) is 0 Å². The fourth-order valence-electron chi connectivity index (χ4n) is 2.19. The van der Waals surface area contributed by atoms with E-state index in [9.17, 15) is 0 Å². The number of halogens is 2. The molecule has 0 aliphatic carbocycles. The molecule has 1 atom stereocenters. The van der Waals surface area contributed by atoms with Gasteiger partial charge in [-0.25, -0.2) is 4.98 Å². The Balaban J connectivity index is 2.58. The Morgan fingerprint density at radius 1 is 1.50 bits per heavy atom. The van der Waals surface area contributed by atoms with E-state index in [1.165, 1.54) is 3.57 Å². The summed E-state index contributed by atoms with van der Waals surface area (Å²) < 4.78 is 8.69. The van der Waals surface area contributed by atoms with Crippen LogP contribution in [0.3, 0.4) is 0 Å². The van der Waals surface area contributed by atoms with Gasteiger partial charge in [0, 0.05) is 10.7 Å². The predicted molar refractivity (Wildman–Crippen MR) is 83.2 cm³/mol. The quantitative estimate of drug-likeness (QED) is 0.581. The zero-order valence-electron chi connectivity index (χ0n) is 10.5. The average Bonchev–Trinajstić information content (AvgIpc) is 2.73. The Labute approximate surface area is 126 Å². The second kappa shape index (κ2) is 6.21. The molecule has 1 unspecified atom stereocenters. The van der Waals surface area contributed by atoms with Crippen molar-refractivity contribution in [3.63, 3.8) is 0 Å². The first-order chi connectivity index (χ1) is 8.71. The molecular formula is C13H16ClIN2O. The summed E-state index contributed by atoms with van der Waals surface area (Å²) in [7, 11) is 1.73. The summed E-state index contributed by atoms with van der Waals surface area (Å²) in [6.45, 7) is 2.83. The number of aromatic nitrogens is 2. The third kappa shape index (κ3) is 2.65. The lowest BCUT2D eigenvalue weighted by atomic mass is 10.2. The molecule has 1 aromatic carbocycles. The lowest BCUT2D eigenvalue weighted by Gasteiger charge is -2.19. The minimum Gasteiger partial charge on any atom is -0.383 e. The minimum atomic E-state index is 0.286. The molecule has 1 aromatic heterocycles. The first-order valence-corrected chi connectivity index (χ1v) is 7.53. The maximum Gasteiger partial charge on any atom is 0.125 e. The van der Waals surface area contributed by atoms with E-state index in [2.05, 4.69) is 57.3 Å². The standard InChI is InChI=1S/C13H16ClIN2O/c1-3-10(8-18-2)17-12-5-4-9(15)6-11(12)16-13(17)7-14/h4-6,10H,3,7-8H2,1-2H3. The molecule has 0 N–H and O–H groups in total. The Morgan fingerprint density at radius 3 is 2.89 bits per heavy atom. The van der Waals surface area contributed by atoms with Gasteiger partial charge < -0.3 is 9.30 Å². The number of benzene rings is 1. The van der Waals surface area contributed by atoms with Crippen LogP contribution in [0.2, 0.25) is 0 Å². The van der Waals surface area contributed by atoms with E-state index < -0.39 is 0 Å². The minimum absolute atomic E-state index is 0.286. The van der Waals surface area contributed by atoms with Gasteiger partial charge in [0.1, 0.15) is 5.82 Å². The van der Waals surface area contributed by atoms with Crippen LogP contribution in [0.25, 0.3) is 11.0 Å².